The van der Waals surface area contributed by atoms with Crippen molar-refractivity contribution in [3.8, 4) is 11.5 Å². The Labute approximate surface area is 231 Å². The quantitative estimate of drug-likeness (QED) is 0.396. The number of thioether (sulfide) groups is 1. The summed E-state index contributed by atoms with van der Waals surface area (Å²) in [5.41, 5.74) is 3.20. The fourth-order valence-corrected chi connectivity index (χ4v) is 5.92. The van der Waals surface area contributed by atoms with Crippen LogP contribution in [-0.2, 0) is 4.79 Å². The van der Waals surface area contributed by atoms with Crippen LogP contribution in [0.2, 0.25) is 5.02 Å². The van der Waals surface area contributed by atoms with Crippen molar-refractivity contribution in [3.63, 3.8) is 0 Å². The predicted octanol–water partition coefficient (Wildman–Crippen LogP) is 5.43. The Balaban J connectivity index is 1.31. The van der Waals surface area contributed by atoms with Crippen LogP contribution in [0.15, 0.2) is 70.5 Å². The highest BCUT2D eigenvalue weighted by atomic mass is 35.5. The summed E-state index contributed by atoms with van der Waals surface area (Å²) in [5, 5.41) is 0.702. The lowest BCUT2D eigenvalue weighted by Gasteiger charge is -2.36. The molecule has 0 spiro atoms. The highest BCUT2D eigenvalue weighted by Gasteiger charge is 2.29. The molecule has 0 unspecified atom stereocenters. The molecular weight excluding hydrogens is 522 g/mol. The number of hydrogen-bond donors (Lipinski definition) is 0. The average Bonchev–Trinajstić information content (AvgIpc) is 2.95. The minimum atomic E-state index is -0.128. The second-order valence-electron chi connectivity index (χ2n) is 9.03. The second-order valence-corrected chi connectivity index (χ2v) is 10.6. The molecule has 0 atom stereocenters. The topological polar surface area (TPSA) is 62.3 Å². The van der Waals surface area contributed by atoms with Crippen LogP contribution in [0.1, 0.15) is 15.9 Å². The molecular formula is C29H28ClN3O4S. The number of methoxy groups -OCH3 is 2. The van der Waals surface area contributed by atoms with Gasteiger partial charge in [-0.1, -0.05) is 35.5 Å². The molecule has 38 heavy (non-hydrogen) atoms. The molecule has 2 aliphatic heterocycles. The monoisotopic (exact) mass is 549 g/mol. The van der Waals surface area contributed by atoms with Crippen LogP contribution in [0.25, 0.3) is 6.08 Å². The van der Waals surface area contributed by atoms with Crippen molar-refractivity contribution in [1.29, 1.82) is 0 Å². The number of likely N-dealkylation sites (N-methyl/N-ethyl adjacent to an activating group) is 1. The Bertz CT molecular complexity index is 1420. The molecule has 196 valence electrons. The maximum absolute atomic E-state index is 13.3. The van der Waals surface area contributed by atoms with Crippen molar-refractivity contribution in [2.45, 2.75) is 4.90 Å². The first-order valence-corrected chi connectivity index (χ1v) is 13.4. The minimum absolute atomic E-state index is 0.0314. The molecule has 1 saturated heterocycles. The molecule has 3 aromatic rings. The van der Waals surface area contributed by atoms with Crippen molar-refractivity contribution in [3.05, 3.63) is 81.7 Å². The van der Waals surface area contributed by atoms with Crippen molar-refractivity contribution >= 4 is 52.6 Å². The third-order valence-corrected chi connectivity index (χ3v) is 8.06. The van der Waals surface area contributed by atoms with Gasteiger partial charge >= 0.3 is 0 Å². The van der Waals surface area contributed by atoms with Gasteiger partial charge in [-0.2, -0.15) is 0 Å². The number of fused-ring (bicyclic) bond motifs is 1. The number of rotatable bonds is 5. The maximum atomic E-state index is 13.3. The summed E-state index contributed by atoms with van der Waals surface area (Å²) in [6.07, 6.45) is 1.84. The van der Waals surface area contributed by atoms with Crippen molar-refractivity contribution in [2.24, 2.45) is 0 Å². The van der Waals surface area contributed by atoms with Crippen LogP contribution in [0.3, 0.4) is 0 Å². The molecule has 2 heterocycles. The number of halogens is 1. The molecule has 2 amide bonds. The zero-order valence-corrected chi connectivity index (χ0v) is 23.0. The van der Waals surface area contributed by atoms with Gasteiger partial charge in [-0.25, -0.2) is 0 Å². The molecule has 0 N–H and O–H groups in total. The normalized spacial score (nSPS) is 16.5. The Morgan fingerprint density at radius 1 is 0.947 bits per heavy atom. The summed E-state index contributed by atoms with van der Waals surface area (Å²) in [4.78, 5) is 33.8. The van der Waals surface area contributed by atoms with Crippen LogP contribution in [0, 0.1) is 0 Å². The van der Waals surface area contributed by atoms with Gasteiger partial charge in [0.25, 0.3) is 11.8 Å². The largest absolute Gasteiger partial charge is 0.493 e. The lowest BCUT2D eigenvalue weighted by molar-refractivity contribution is -0.114. The van der Waals surface area contributed by atoms with Crippen molar-refractivity contribution < 1.29 is 19.1 Å². The summed E-state index contributed by atoms with van der Waals surface area (Å²) in [6.45, 7) is 2.69. The number of benzene rings is 3. The van der Waals surface area contributed by atoms with Gasteiger partial charge in [0.05, 0.1) is 24.8 Å². The molecule has 5 rings (SSSR count). The molecule has 2 aliphatic rings. The van der Waals surface area contributed by atoms with E-state index in [-0.39, 0.29) is 11.8 Å². The molecule has 9 heteroatoms. The lowest BCUT2D eigenvalue weighted by atomic mass is 10.1. The van der Waals surface area contributed by atoms with E-state index in [1.165, 1.54) is 11.8 Å². The third kappa shape index (κ3) is 5.19. The number of piperazine rings is 1. The van der Waals surface area contributed by atoms with Gasteiger partial charge in [0.1, 0.15) is 0 Å². The number of carbonyl (C=O) groups excluding carboxylic acids is 2. The zero-order chi connectivity index (χ0) is 26.8. The first-order valence-electron chi connectivity index (χ1n) is 12.2. The summed E-state index contributed by atoms with van der Waals surface area (Å²) < 4.78 is 10.7. The lowest BCUT2D eigenvalue weighted by Crippen LogP contribution is -2.48. The molecule has 0 bridgehead atoms. The number of amides is 2. The number of nitrogens with zero attached hydrogens (tertiary/aromatic N) is 3. The van der Waals surface area contributed by atoms with Crippen LogP contribution in [0.4, 0.5) is 11.4 Å². The average molecular weight is 550 g/mol. The number of carbonyl (C=O) groups is 2. The van der Waals surface area contributed by atoms with Crippen molar-refractivity contribution in [1.82, 2.24) is 4.90 Å². The molecule has 0 aliphatic carbocycles. The summed E-state index contributed by atoms with van der Waals surface area (Å²) in [6, 6.07) is 18.9. The van der Waals surface area contributed by atoms with E-state index in [4.69, 9.17) is 21.1 Å². The fraction of sp³-hybridized carbons (Fsp3) is 0.241. The van der Waals surface area contributed by atoms with Gasteiger partial charge in [0, 0.05) is 54.4 Å². The first-order chi connectivity index (χ1) is 18.4. The molecule has 7 nitrogen and oxygen atoms in total. The van der Waals surface area contributed by atoms with E-state index in [1.54, 1.807) is 26.2 Å². The number of anilines is 2. The van der Waals surface area contributed by atoms with E-state index < -0.39 is 0 Å². The Morgan fingerprint density at radius 2 is 1.71 bits per heavy atom. The summed E-state index contributed by atoms with van der Waals surface area (Å²) in [7, 11) is 4.90. The molecule has 0 radical (unpaired) electrons. The molecule has 3 aromatic carbocycles. The van der Waals surface area contributed by atoms with Gasteiger partial charge < -0.3 is 24.2 Å². The zero-order valence-electron chi connectivity index (χ0n) is 21.4. The highest BCUT2D eigenvalue weighted by Crippen LogP contribution is 2.42. The molecule has 0 saturated carbocycles. The standard InChI is InChI=1S/C29H28ClN3O4S/c1-31-23-17-20(28(34)33-13-11-32(12-14-33)22-6-4-5-21(30)18-22)8-10-26(23)38-27(29(31)35)16-19-7-9-24(36-2)25(15-19)37-3/h4-10,15-18H,11-14H2,1-3H3. The van der Waals surface area contributed by atoms with E-state index in [2.05, 4.69) is 4.90 Å². The van der Waals surface area contributed by atoms with Crippen LogP contribution >= 0.6 is 23.4 Å². The summed E-state index contributed by atoms with van der Waals surface area (Å²) >= 11 is 7.54. The number of ether oxygens (including phenoxy) is 2. The van der Waals surface area contributed by atoms with E-state index in [1.807, 2.05) is 71.6 Å². The predicted molar refractivity (Wildman–Crippen MR) is 153 cm³/mol. The summed E-state index contributed by atoms with van der Waals surface area (Å²) in [5.74, 6) is 1.07. The SMILES string of the molecule is COc1ccc(C=C2Sc3ccc(C(=O)N4CCN(c5cccc(Cl)c5)CC4)cc3N(C)C2=O)cc1OC. The van der Waals surface area contributed by atoms with Gasteiger partial charge in [-0.05, 0) is 60.2 Å². The van der Waals surface area contributed by atoms with Gasteiger partial charge in [-0.15, -0.1) is 0 Å². The van der Waals surface area contributed by atoms with Gasteiger partial charge in [0.2, 0.25) is 0 Å². The fourth-order valence-electron chi connectivity index (χ4n) is 4.64. The van der Waals surface area contributed by atoms with Gasteiger partial charge in [0.15, 0.2) is 11.5 Å². The van der Waals surface area contributed by atoms with Crippen molar-refractivity contribution in [2.75, 3.05) is 57.2 Å². The maximum Gasteiger partial charge on any atom is 0.264 e. The smallest absolute Gasteiger partial charge is 0.264 e. The Kier molecular flexibility index (Phi) is 7.53. The molecule has 1 fully saturated rings. The first kappa shape index (κ1) is 26.0. The Hall–Kier alpha value is -3.62. The molecule has 0 aromatic heterocycles. The van der Waals surface area contributed by atoms with Gasteiger partial charge in [-0.3, -0.25) is 9.59 Å². The van der Waals surface area contributed by atoms with E-state index in [0.717, 1.165) is 34.9 Å². The Morgan fingerprint density at radius 3 is 2.42 bits per heavy atom. The minimum Gasteiger partial charge on any atom is -0.493 e. The van der Waals surface area contributed by atoms with E-state index in [0.29, 0.717) is 40.1 Å². The van der Waals surface area contributed by atoms with E-state index in [9.17, 15) is 9.59 Å². The number of hydrogen-bond acceptors (Lipinski definition) is 6. The third-order valence-electron chi connectivity index (χ3n) is 6.75. The second kappa shape index (κ2) is 11.0. The van der Waals surface area contributed by atoms with E-state index >= 15 is 0 Å². The highest BCUT2D eigenvalue weighted by molar-refractivity contribution is 8.04. The van der Waals surface area contributed by atoms with Crippen LogP contribution in [0.5, 0.6) is 11.5 Å². The van der Waals surface area contributed by atoms with Crippen LogP contribution in [-0.4, -0.2) is 64.2 Å². The van der Waals surface area contributed by atoms with Crippen LogP contribution < -0.4 is 19.3 Å².